The van der Waals surface area contributed by atoms with Gasteiger partial charge < -0.3 is 5.11 Å². The highest BCUT2D eigenvalue weighted by atomic mass is 35.5. The van der Waals surface area contributed by atoms with E-state index in [0.29, 0.717) is 5.02 Å². The minimum atomic E-state index is -0.647. The van der Waals surface area contributed by atoms with E-state index in [-0.39, 0.29) is 0 Å². The van der Waals surface area contributed by atoms with Crippen molar-refractivity contribution >= 4 is 11.6 Å². The van der Waals surface area contributed by atoms with Crippen molar-refractivity contribution in [3.05, 3.63) is 52.8 Å². The van der Waals surface area contributed by atoms with Crippen molar-refractivity contribution in [1.29, 1.82) is 0 Å². The van der Waals surface area contributed by atoms with Gasteiger partial charge in [-0.25, -0.2) is 0 Å². The SMILES string of the molecule is OC(c1ccc(Cl)cc1)c1cn[nH]c1. The maximum Gasteiger partial charge on any atom is 0.107 e. The van der Waals surface area contributed by atoms with Gasteiger partial charge in [0, 0.05) is 16.8 Å². The third kappa shape index (κ3) is 1.78. The Kier molecular flexibility index (Phi) is 2.52. The van der Waals surface area contributed by atoms with E-state index in [1.54, 1.807) is 36.7 Å². The number of aliphatic hydroxyl groups is 1. The number of aliphatic hydroxyl groups excluding tert-OH is 1. The second-order valence-electron chi connectivity index (χ2n) is 2.99. The van der Waals surface area contributed by atoms with Crippen LogP contribution in [0.15, 0.2) is 36.7 Å². The van der Waals surface area contributed by atoms with Crippen LogP contribution in [0.5, 0.6) is 0 Å². The quantitative estimate of drug-likeness (QED) is 0.795. The molecule has 0 bridgehead atoms. The summed E-state index contributed by atoms with van der Waals surface area (Å²) < 4.78 is 0. The van der Waals surface area contributed by atoms with Crippen molar-refractivity contribution in [2.75, 3.05) is 0 Å². The molecule has 0 radical (unpaired) electrons. The molecule has 0 fully saturated rings. The molecule has 0 saturated carbocycles. The smallest absolute Gasteiger partial charge is 0.107 e. The molecule has 0 saturated heterocycles. The fraction of sp³-hybridized carbons (Fsp3) is 0.100. The molecule has 14 heavy (non-hydrogen) atoms. The van der Waals surface area contributed by atoms with Crippen LogP contribution in [-0.4, -0.2) is 15.3 Å². The minimum Gasteiger partial charge on any atom is -0.384 e. The number of rotatable bonds is 2. The van der Waals surface area contributed by atoms with Crippen LogP contribution in [0.2, 0.25) is 5.02 Å². The predicted octanol–water partition coefficient (Wildman–Crippen LogP) is 2.14. The largest absolute Gasteiger partial charge is 0.384 e. The summed E-state index contributed by atoms with van der Waals surface area (Å²) in [6.45, 7) is 0. The number of aromatic amines is 1. The summed E-state index contributed by atoms with van der Waals surface area (Å²) in [6, 6.07) is 7.08. The van der Waals surface area contributed by atoms with Gasteiger partial charge in [0.05, 0.1) is 6.20 Å². The molecule has 0 aliphatic rings. The van der Waals surface area contributed by atoms with Crippen molar-refractivity contribution in [1.82, 2.24) is 10.2 Å². The molecule has 0 aliphatic heterocycles. The average Bonchev–Trinajstić information content (AvgIpc) is 2.71. The average molecular weight is 209 g/mol. The van der Waals surface area contributed by atoms with E-state index in [9.17, 15) is 5.11 Å². The Balaban J connectivity index is 2.28. The van der Waals surface area contributed by atoms with E-state index in [2.05, 4.69) is 10.2 Å². The van der Waals surface area contributed by atoms with E-state index >= 15 is 0 Å². The lowest BCUT2D eigenvalue weighted by Crippen LogP contribution is -1.97. The molecule has 1 aromatic carbocycles. The van der Waals surface area contributed by atoms with Crippen molar-refractivity contribution in [2.24, 2.45) is 0 Å². The Bertz CT molecular complexity index is 397. The first kappa shape index (κ1) is 9.24. The Hall–Kier alpha value is -1.32. The molecule has 0 spiro atoms. The molecular formula is C10H9ClN2O. The first-order chi connectivity index (χ1) is 6.77. The molecular weight excluding hydrogens is 200 g/mol. The maximum absolute atomic E-state index is 9.87. The Labute approximate surface area is 86.3 Å². The van der Waals surface area contributed by atoms with E-state index in [4.69, 9.17) is 11.6 Å². The van der Waals surface area contributed by atoms with E-state index in [0.717, 1.165) is 11.1 Å². The van der Waals surface area contributed by atoms with Gasteiger partial charge in [-0.3, -0.25) is 5.10 Å². The number of halogens is 1. The van der Waals surface area contributed by atoms with Crippen LogP contribution in [0.1, 0.15) is 17.2 Å². The highest BCUT2D eigenvalue weighted by Crippen LogP contribution is 2.21. The van der Waals surface area contributed by atoms with Crippen LogP contribution < -0.4 is 0 Å². The van der Waals surface area contributed by atoms with E-state index < -0.39 is 6.10 Å². The van der Waals surface area contributed by atoms with Crippen LogP contribution in [0, 0.1) is 0 Å². The zero-order chi connectivity index (χ0) is 9.97. The lowest BCUT2D eigenvalue weighted by Gasteiger charge is -2.07. The summed E-state index contributed by atoms with van der Waals surface area (Å²) >= 11 is 5.74. The third-order valence-electron chi connectivity index (χ3n) is 2.02. The highest BCUT2D eigenvalue weighted by Gasteiger charge is 2.10. The van der Waals surface area contributed by atoms with Gasteiger partial charge >= 0.3 is 0 Å². The van der Waals surface area contributed by atoms with Crippen LogP contribution in [-0.2, 0) is 0 Å². The molecule has 1 unspecified atom stereocenters. The molecule has 72 valence electrons. The minimum absolute atomic E-state index is 0.647. The number of benzene rings is 1. The zero-order valence-corrected chi connectivity index (χ0v) is 8.07. The van der Waals surface area contributed by atoms with Gasteiger partial charge in [-0.2, -0.15) is 5.10 Å². The van der Waals surface area contributed by atoms with E-state index in [1.165, 1.54) is 0 Å². The number of hydrogen-bond donors (Lipinski definition) is 2. The number of hydrogen-bond acceptors (Lipinski definition) is 2. The molecule has 4 heteroatoms. The Morgan fingerprint density at radius 2 is 1.93 bits per heavy atom. The second-order valence-corrected chi connectivity index (χ2v) is 3.42. The summed E-state index contributed by atoms with van der Waals surface area (Å²) in [6.07, 6.45) is 2.62. The summed E-state index contributed by atoms with van der Waals surface area (Å²) in [5.41, 5.74) is 1.54. The number of nitrogens with one attached hydrogen (secondary N) is 1. The molecule has 0 aliphatic carbocycles. The summed E-state index contributed by atoms with van der Waals surface area (Å²) in [7, 11) is 0. The normalized spacial score (nSPS) is 12.7. The molecule has 3 nitrogen and oxygen atoms in total. The third-order valence-corrected chi connectivity index (χ3v) is 2.27. The monoisotopic (exact) mass is 208 g/mol. The summed E-state index contributed by atoms with van der Waals surface area (Å²) in [4.78, 5) is 0. The van der Waals surface area contributed by atoms with E-state index in [1.807, 2.05) is 0 Å². The van der Waals surface area contributed by atoms with Gasteiger partial charge in [0.25, 0.3) is 0 Å². The van der Waals surface area contributed by atoms with Gasteiger partial charge in [0.15, 0.2) is 0 Å². The van der Waals surface area contributed by atoms with Crippen molar-refractivity contribution in [3.63, 3.8) is 0 Å². The topological polar surface area (TPSA) is 48.9 Å². The van der Waals surface area contributed by atoms with Crippen LogP contribution in [0.25, 0.3) is 0 Å². The maximum atomic E-state index is 9.87. The number of aromatic nitrogens is 2. The predicted molar refractivity (Wildman–Crippen MR) is 54.1 cm³/mol. The Morgan fingerprint density at radius 3 is 2.50 bits per heavy atom. The fourth-order valence-corrected chi connectivity index (χ4v) is 1.37. The van der Waals surface area contributed by atoms with Crippen molar-refractivity contribution in [3.8, 4) is 0 Å². The first-order valence-corrected chi connectivity index (χ1v) is 4.57. The van der Waals surface area contributed by atoms with Crippen molar-refractivity contribution < 1.29 is 5.11 Å². The van der Waals surface area contributed by atoms with Crippen molar-refractivity contribution in [2.45, 2.75) is 6.10 Å². The molecule has 1 heterocycles. The summed E-state index contributed by atoms with van der Waals surface area (Å²) in [5, 5.41) is 17.0. The second kappa shape index (κ2) is 3.82. The van der Waals surface area contributed by atoms with Gasteiger partial charge in [0.1, 0.15) is 6.10 Å². The van der Waals surface area contributed by atoms with Gasteiger partial charge in [-0.1, -0.05) is 23.7 Å². The fourth-order valence-electron chi connectivity index (χ4n) is 1.25. The summed E-state index contributed by atoms with van der Waals surface area (Å²) in [5.74, 6) is 0. The first-order valence-electron chi connectivity index (χ1n) is 4.19. The molecule has 1 atom stereocenters. The molecule has 2 aromatic rings. The molecule has 0 amide bonds. The molecule has 2 rings (SSSR count). The molecule has 1 aromatic heterocycles. The van der Waals surface area contributed by atoms with Gasteiger partial charge in [0.2, 0.25) is 0 Å². The zero-order valence-electron chi connectivity index (χ0n) is 7.31. The number of nitrogens with zero attached hydrogens (tertiary/aromatic N) is 1. The lowest BCUT2D eigenvalue weighted by atomic mass is 10.1. The van der Waals surface area contributed by atoms with Crippen LogP contribution >= 0.6 is 11.6 Å². The standard InChI is InChI=1S/C10H9ClN2O/c11-9-3-1-7(2-4-9)10(14)8-5-12-13-6-8/h1-6,10,14H,(H,12,13). The number of H-pyrrole nitrogens is 1. The Morgan fingerprint density at radius 1 is 1.21 bits per heavy atom. The van der Waals surface area contributed by atoms with Crippen LogP contribution in [0.4, 0.5) is 0 Å². The highest BCUT2D eigenvalue weighted by molar-refractivity contribution is 6.30. The lowest BCUT2D eigenvalue weighted by molar-refractivity contribution is 0.220. The van der Waals surface area contributed by atoms with Gasteiger partial charge in [-0.15, -0.1) is 0 Å². The van der Waals surface area contributed by atoms with Gasteiger partial charge in [-0.05, 0) is 17.7 Å². The van der Waals surface area contributed by atoms with Crippen LogP contribution in [0.3, 0.4) is 0 Å². The molecule has 2 N–H and O–H groups in total.